The van der Waals surface area contributed by atoms with Crippen LogP contribution in [0.2, 0.25) is 0 Å². The highest BCUT2D eigenvalue weighted by atomic mass is 79.9. The first-order valence-corrected chi connectivity index (χ1v) is 12.5. The van der Waals surface area contributed by atoms with E-state index in [1.807, 2.05) is 17.9 Å². The van der Waals surface area contributed by atoms with E-state index in [0.717, 1.165) is 51.2 Å². The number of hydrogen-bond donors (Lipinski definition) is 0. The van der Waals surface area contributed by atoms with E-state index < -0.39 is 0 Å². The SMILES string of the molecule is CCOc1ccc(Br)c(CC2CCN(CC3CN(C4CCCCC4)C(=O)O3)CC2)c1. The second-order valence-corrected chi connectivity index (χ2v) is 9.94. The number of halogens is 1. The van der Waals surface area contributed by atoms with Crippen LogP contribution in [0.1, 0.15) is 57.4 Å². The van der Waals surface area contributed by atoms with Crippen molar-refractivity contribution in [2.45, 2.75) is 70.4 Å². The van der Waals surface area contributed by atoms with Crippen molar-refractivity contribution < 1.29 is 14.3 Å². The van der Waals surface area contributed by atoms with Crippen LogP contribution in [-0.2, 0) is 11.2 Å². The maximum Gasteiger partial charge on any atom is 0.410 e. The van der Waals surface area contributed by atoms with Gasteiger partial charge in [0.15, 0.2) is 0 Å². The Bertz CT molecular complexity index is 714. The van der Waals surface area contributed by atoms with Crippen molar-refractivity contribution in [1.82, 2.24) is 9.80 Å². The average Bonchev–Trinajstić information content (AvgIpc) is 3.13. The highest BCUT2D eigenvalue weighted by molar-refractivity contribution is 9.10. The molecule has 0 N–H and O–H groups in total. The topological polar surface area (TPSA) is 42.0 Å². The Kier molecular flexibility index (Phi) is 7.58. The van der Waals surface area contributed by atoms with E-state index in [1.54, 1.807) is 0 Å². The van der Waals surface area contributed by atoms with Gasteiger partial charge in [-0.3, -0.25) is 4.90 Å². The predicted octanol–water partition coefficient (Wildman–Crippen LogP) is 5.26. The van der Waals surface area contributed by atoms with Crippen LogP contribution in [0.15, 0.2) is 22.7 Å². The summed E-state index contributed by atoms with van der Waals surface area (Å²) in [4.78, 5) is 16.9. The maximum absolute atomic E-state index is 12.4. The molecule has 166 valence electrons. The summed E-state index contributed by atoms with van der Waals surface area (Å²) in [6.07, 6.45) is 9.52. The van der Waals surface area contributed by atoms with Crippen molar-refractivity contribution in [3.05, 3.63) is 28.2 Å². The second-order valence-electron chi connectivity index (χ2n) is 9.08. The fourth-order valence-electron chi connectivity index (χ4n) is 5.26. The summed E-state index contributed by atoms with van der Waals surface area (Å²) < 4.78 is 12.6. The molecule has 0 aromatic heterocycles. The molecule has 1 aliphatic carbocycles. The van der Waals surface area contributed by atoms with E-state index in [1.165, 1.54) is 42.1 Å². The average molecular weight is 479 g/mol. The number of amides is 1. The number of benzene rings is 1. The molecule has 3 fully saturated rings. The highest BCUT2D eigenvalue weighted by Crippen LogP contribution is 2.30. The molecule has 1 unspecified atom stereocenters. The first kappa shape index (κ1) is 21.9. The number of rotatable bonds is 7. The third-order valence-corrected chi connectivity index (χ3v) is 7.70. The van der Waals surface area contributed by atoms with Gasteiger partial charge in [0.25, 0.3) is 0 Å². The summed E-state index contributed by atoms with van der Waals surface area (Å²) >= 11 is 3.70. The first-order valence-electron chi connectivity index (χ1n) is 11.7. The van der Waals surface area contributed by atoms with E-state index in [9.17, 15) is 4.79 Å². The molecule has 1 atom stereocenters. The monoisotopic (exact) mass is 478 g/mol. The minimum absolute atomic E-state index is 0.0352. The molecule has 1 amide bonds. The number of ether oxygens (including phenoxy) is 2. The van der Waals surface area contributed by atoms with Gasteiger partial charge in [-0.05, 0) is 81.8 Å². The van der Waals surface area contributed by atoms with Gasteiger partial charge in [0.1, 0.15) is 11.9 Å². The first-order chi connectivity index (χ1) is 14.6. The summed E-state index contributed by atoms with van der Waals surface area (Å²) in [6, 6.07) is 6.71. The molecule has 5 nitrogen and oxygen atoms in total. The molecule has 2 saturated heterocycles. The van der Waals surface area contributed by atoms with Gasteiger partial charge in [0.05, 0.1) is 13.2 Å². The van der Waals surface area contributed by atoms with E-state index in [-0.39, 0.29) is 12.2 Å². The number of carbonyl (C=O) groups excluding carboxylic acids is 1. The molecule has 6 heteroatoms. The Balaban J connectivity index is 1.23. The Morgan fingerprint density at radius 3 is 2.63 bits per heavy atom. The molecule has 3 aliphatic rings. The van der Waals surface area contributed by atoms with Crippen LogP contribution in [0.5, 0.6) is 5.75 Å². The standard InChI is InChI=1S/C24H35BrN2O3/c1-2-29-21-8-9-23(25)19(15-21)14-18-10-12-26(13-11-18)16-22-17-27(24(28)30-22)20-6-4-3-5-7-20/h8-9,15,18,20,22H,2-7,10-14,16-17H2,1H3. The van der Waals surface area contributed by atoms with Crippen molar-refractivity contribution in [2.24, 2.45) is 5.92 Å². The van der Waals surface area contributed by atoms with Gasteiger partial charge in [0.2, 0.25) is 0 Å². The quantitative estimate of drug-likeness (QED) is 0.536. The number of cyclic esters (lactones) is 1. The second kappa shape index (κ2) is 10.4. The van der Waals surface area contributed by atoms with Crippen LogP contribution >= 0.6 is 15.9 Å². The summed E-state index contributed by atoms with van der Waals surface area (Å²) in [5.74, 6) is 1.65. The molecule has 2 heterocycles. The van der Waals surface area contributed by atoms with Crippen LogP contribution in [0.3, 0.4) is 0 Å². The zero-order valence-electron chi connectivity index (χ0n) is 18.2. The predicted molar refractivity (Wildman–Crippen MR) is 122 cm³/mol. The van der Waals surface area contributed by atoms with Gasteiger partial charge < -0.3 is 14.4 Å². The Morgan fingerprint density at radius 2 is 1.90 bits per heavy atom. The lowest BCUT2D eigenvalue weighted by molar-refractivity contribution is 0.0896. The molecular formula is C24H35BrN2O3. The van der Waals surface area contributed by atoms with Crippen LogP contribution in [0.25, 0.3) is 0 Å². The maximum atomic E-state index is 12.4. The highest BCUT2D eigenvalue weighted by Gasteiger charge is 2.37. The van der Waals surface area contributed by atoms with Crippen LogP contribution in [0.4, 0.5) is 4.79 Å². The molecule has 1 aromatic rings. The van der Waals surface area contributed by atoms with Gasteiger partial charge in [-0.2, -0.15) is 0 Å². The molecular weight excluding hydrogens is 444 g/mol. The van der Waals surface area contributed by atoms with Crippen molar-refractivity contribution in [3.63, 3.8) is 0 Å². The number of piperidine rings is 1. The molecule has 0 radical (unpaired) electrons. The Labute approximate surface area is 189 Å². The summed E-state index contributed by atoms with van der Waals surface area (Å²) in [5, 5.41) is 0. The van der Waals surface area contributed by atoms with Gasteiger partial charge in [-0.15, -0.1) is 0 Å². The number of carbonyl (C=O) groups is 1. The van der Waals surface area contributed by atoms with E-state index in [2.05, 4.69) is 33.0 Å². The fraction of sp³-hybridized carbons (Fsp3) is 0.708. The van der Waals surface area contributed by atoms with E-state index in [0.29, 0.717) is 18.6 Å². The molecule has 0 spiro atoms. The van der Waals surface area contributed by atoms with Gasteiger partial charge in [-0.25, -0.2) is 4.79 Å². The lowest BCUT2D eigenvalue weighted by Crippen LogP contribution is -2.42. The van der Waals surface area contributed by atoms with Crippen molar-refractivity contribution in [1.29, 1.82) is 0 Å². The summed E-state index contributed by atoms with van der Waals surface area (Å²) in [7, 11) is 0. The number of hydrogen-bond acceptors (Lipinski definition) is 4. The van der Waals surface area contributed by atoms with E-state index >= 15 is 0 Å². The Morgan fingerprint density at radius 1 is 1.13 bits per heavy atom. The lowest BCUT2D eigenvalue weighted by atomic mass is 9.90. The fourth-order valence-corrected chi connectivity index (χ4v) is 5.67. The zero-order valence-corrected chi connectivity index (χ0v) is 19.7. The van der Waals surface area contributed by atoms with Gasteiger partial charge >= 0.3 is 6.09 Å². The lowest BCUT2D eigenvalue weighted by Gasteiger charge is -2.33. The minimum Gasteiger partial charge on any atom is -0.494 e. The van der Waals surface area contributed by atoms with Gasteiger partial charge in [0, 0.05) is 17.1 Å². The van der Waals surface area contributed by atoms with Crippen molar-refractivity contribution >= 4 is 22.0 Å². The van der Waals surface area contributed by atoms with Crippen molar-refractivity contribution in [3.8, 4) is 5.75 Å². The number of nitrogens with zero attached hydrogens (tertiary/aromatic N) is 2. The van der Waals surface area contributed by atoms with E-state index in [4.69, 9.17) is 9.47 Å². The largest absolute Gasteiger partial charge is 0.494 e. The molecule has 1 saturated carbocycles. The summed E-state index contributed by atoms with van der Waals surface area (Å²) in [6.45, 7) is 6.55. The molecule has 30 heavy (non-hydrogen) atoms. The van der Waals surface area contributed by atoms with Crippen LogP contribution in [0, 0.1) is 5.92 Å². The number of likely N-dealkylation sites (tertiary alicyclic amines) is 1. The van der Waals surface area contributed by atoms with Gasteiger partial charge in [-0.1, -0.05) is 35.2 Å². The molecule has 1 aromatic carbocycles. The molecule has 4 rings (SSSR count). The van der Waals surface area contributed by atoms with Crippen LogP contribution in [-0.4, -0.2) is 60.8 Å². The zero-order chi connectivity index (χ0) is 20.9. The minimum atomic E-state index is -0.0826. The third kappa shape index (κ3) is 5.50. The Hall–Kier alpha value is -1.27. The third-order valence-electron chi connectivity index (χ3n) is 6.92. The smallest absolute Gasteiger partial charge is 0.410 e. The normalized spacial score (nSPS) is 24.3. The molecule has 2 aliphatic heterocycles. The van der Waals surface area contributed by atoms with Crippen LogP contribution < -0.4 is 4.74 Å². The summed E-state index contributed by atoms with van der Waals surface area (Å²) in [5.41, 5.74) is 1.34. The molecule has 0 bridgehead atoms. The van der Waals surface area contributed by atoms with Crippen molar-refractivity contribution in [2.75, 3.05) is 32.8 Å².